The third kappa shape index (κ3) is 5.50. The zero-order valence-electron chi connectivity index (χ0n) is 10.6. The lowest BCUT2D eigenvalue weighted by Gasteiger charge is -2.23. The number of hydrogen-bond donors (Lipinski definition) is 1. The molecule has 0 bridgehead atoms. The minimum absolute atomic E-state index is 0.0145. The van der Waals surface area contributed by atoms with E-state index in [0.29, 0.717) is 32.4 Å². The average molecular weight is 262 g/mol. The summed E-state index contributed by atoms with van der Waals surface area (Å²) in [6.07, 6.45) is 1.55. The van der Waals surface area contributed by atoms with Crippen LogP contribution in [0.4, 0.5) is 0 Å². The van der Waals surface area contributed by atoms with Gasteiger partial charge in [-0.25, -0.2) is 8.42 Å². The van der Waals surface area contributed by atoms with Crippen LogP contribution in [0.3, 0.4) is 0 Å². The molecule has 0 aromatic rings. The van der Waals surface area contributed by atoms with Crippen molar-refractivity contribution in [3.63, 3.8) is 0 Å². The van der Waals surface area contributed by atoms with Gasteiger partial charge in [0.15, 0.2) is 9.84 Å². The van der Waals surface area contributed by atoms with Crippen molar-refractivity contribution >= 4 is 15.7 Å². The van der Waals surface area contributed by atoms with Crippen molar-refractivity contribution in [3.8, 4) is 0 Å². The van der Waals surface area contributed by atoms with E-state index < -0.39 is 9.84 Å². The van der Waals surface area contributed by atoms with E-state index in [4.69, 9.17) is 5.73 Å². The molecule has 1 fully saturated rings. The van der Waals surface area contributed by atoms with Crippen LogP contribution in [0.1, 0.15) is 33.1 Å². The first-order valence-corrected chi connectivity index (χ1v) is 7.79. The molecule has 0 unspecified atom stereocenters. The number of nitrogens with two attached hydrogens (primary N) is 1. The smallest absolute Gasteiger partial charge is 0.222 e. The Kier molecular flexibility index (Phi) is 4.55. The fourth-order valence-electron chi connectivity index (χ4n) is 1.78. The summed E-state index contributed by atoms with van der Waals surface area (Å²) in [5, 5.41) is 0. The van der Waals surface area contributed by atoms with Gasteiger partial charge >= 0.3 is 0 Å². The molecule has 0 saturated carbocycles. The number of carbonyl (C=O) groups excluding carboxylic acids is 1. The van der Waals surface area contributed by atoms with E-state index in [1.807, 2.05) is 13.8 Å². The maximum Gasteiger partial charge on any atom is 0.222 e. The normalized spacial score (nSPS) is 21.0. The van der Waals surface area contributed by atoms with Crippen molar-refractivity contribution in [1.29, 1.82) is 0 Å². The quantitative estimate of drug-likeness (QED) is 0.785. The van der Waals surface area contributed by atoms with Gasteiger partial charge in [-0.15, -0.1) is 0 Å². The monoisotopic (exact) mass is 262 g/mol. The maximum atomic E-state index is 11.9. The molecule has 100 valence electrons. The van der Waals surface area contributed by atoms with Crippen molar-refractivity contribution in [3.05, 3.63) is 0 Å². The van der Waals surface area contributed by atoms with Gasteiger partial charge in [-0.2, -0.15) is 0 Å². The summed E-state index contributed by atoms with van der Waals surface area (Å²) >= 11 is 0. The van der Waals surface area contributed by atoms with Crippen LogP contribution in [0.15, 0.2) is 0 Å². The molecular weight excluding hydrogens is 240 g/mol. The molecule has 0 radical (unpaired) electrons. The Bertz CT molecular complexity index is 371. The molecule has 0 aliphatic carbocycles. The molecule has 1 amide bonds. The van der Waals surface area contributed by atoms with E-state index in [2.05, 4.69) is 0 Å². The first kappa shape index (κ1) is 14.4. The summed E-state index contributed by atoms with van der Waals surface area (Å²) in [6, 6.07) is 0. The van der Waals surface area contributed by atoms with Crippen molar-refractivity contribution < 1.29 is 13.2 Å². The van der Waals surface area contributed by atoms with Gasteiger partial charge in [-0.3, -0.25) is 4.79 Å². The Morgan fingerprint density at radius 1 is 1.29 bits per heavy atom. The molecule has 0 aromatic carbocycles. The minimum atomic E-state index is -2.95. The molecule has 1 saturated heterocycles. The van der Waals surface area contributed by atoms with Crippen LogP contribution in [0.5, 0.6) is 0 Å². The van der Waals surface area contributed by atoms with Gasteiger partial charge in [0.1, 0.15) is 0 Å². The number of sulfone groups is 1. The van der Waals surface area contributed by atoms with E-state index in [9.17, 15) is 13.2 Å². The number of amides is 1. The lowest BCUT2D eigenvalue weighted by molar-refractivity contribution is -0.131. The van der Waals surface area contributed by atoms with Gasteiger partial charge in [0.05, 0.1) is 11.5 Å². The average Bonchev–Trinajstić information content (AvgIpc) is 2.35. The second-order valence-electron chi connectivity index (χ2n) is 5.37. The highest BCUT2D eigenvalue weighted by atomic mass is 32.2. The molecular formula is C11H22N2O3S. The van der Waals surface area contributed by atoms with Gasteiger partial charge in [0.2, 0.25) is 5.91 Å². The largest absolute Gasteiger partial charge is 0.342 e. The van der Waals surface area contributed by atoms with E-state index in [1.165, 1.54) is 0 Å². The molecule has 0 aromatic heterocycles. The fourth-order valence-corrected chi connectivity index (χ4v) is 3.05. The maximum absolute atomic E-state index is 11.9. The third-order valence-corrected chi connectivity index (χ3v) is 4.61. The van der Waals surface area contributed by atoms with Gasteiger partial charge in [0.25, 0.3) is 0 Å². The molecule has 17 heavy (non-hydrogen) atoms. The number of hydrogen-bond acceptors (Lipinski definition) is 4. The number of carbonyl (C=O) groups is 1. The highest BCUT2D eigenvalue weighted by Gasteiger charge is 2.23. The Morgan fingerprint density at radius 2 is 1.94 bits per heavy atom. The Labute approximate surface area is 103 Å². The Hall–Kier alpha value is -0.620. The van der Waals surface area contributed by atoms with E-state index in [-0.39, 0.29) is 23.0 Å². The lowest BCUT2D eigenvalue weighted by atomic mass is 10.00. The van der Waals surface area contributed by atoms with Gasteiger partial charge in [0, 0.05) is 25.0 Å². The van der Waals surface area contributed by atoms with Crippen molar-refractivity contribution in [2.24, 2.45) is 5.73 Å². The van der Waals surface area contributed by atoms with E-state index in [1.54, 1.807) is 4.90 Å². The Balaban J connectivity index is 2.48. The van der Waals surface area contributed by atoms with Crippen LogP contribution < -0.4 is 5.73 Å². The minimum Gasteiger partial charge on any atom is -0.342 e. The molecule has 2 N–H and O–H groups in total. The summed E-state index contributed by atoms with van der Waals surface area (Å²) in [5.74, 6) is 0.296. The second kappa shape index (κ2) is 5.35. The van der Waals surface area contributed by atoms with Crippen molar-refractivity contribution in [1.82, 2.24) is 4.90 Å². The topological polar surface area (TPSA) is 80.5 Å². The SMILES string of the molecule is CC(C)(N)CCC(=O)N1CCCS(=O)(=O)CC1. The molecule has 5 nitrogen and oxygen atoms in total. The van der Waals surface area contributed by atoms with Crippen LogP contribution >= 0.6 is 0 Å². The molecule has 1 rings (SSSR count). The standard InChI is InChI=1S/C11H22N2O3S/c1-11(2,12)5-4-10(14)13-6-3-8-17(15,16)9-7-13/h3-9,12H2,1-2H3. The predicted octanol–water partition coefficient (Wildman–Crippen LogP) is 0.151. The molecule has 1 heterocycles. The molecule has 0 atom stereocenters. The summed E-state index contributed by atoms with van der Waals surface area (Å²) in [6.45, 7) is 4.63. The summed E-state index contributed by atoms with van der Waals surface area (Å²) in [4.78, 5) is 13.5. The fraction of sp³-hybridized carbons (Fsp3) is 0.909. The van der Waals surface area contributed by atoms with Crippen LogP contribution in [0, 0.1) is 0 Å². The summed E-state index contributed by atoms with van der Waals surface area (Å²) < 4.78 is 22.8. The van der Waals surface area contributed by atoms with E-state index in [0.717, 1.165) is 0 Å². The third-order valence-electron chi connectivity index (χ3n) is 2.89. The molecule has 0 spiro atoms. The van der Waals surface area contributed by atoms with Crippen molar-refractivity contribution in [2.45, 2.75) is 38.6 Å². The molecule has 1 aliphatic rings. The molecule has 1 aliphatic heterocycles. The van der Waals surface area contributed by atoms with E-state index >= 15 is 0 Å². The zero-order chi connectivity index (χ0) is 13.1. The van der Waals surface area contributed by atoms with Crippen molar-refractivity contribution in [2.75, 3.05) is 24.6 Å². The summed E-state index contributed by atoms with van der Waals surface area (Å²) in [5.41, 5.74) is 5.47. The van der Waals surface area contributed by atoms with Gasteiger partial charge in [-0.05, 0) is 26.7 Å². The van der Waals surface area contributed by atoms with Crippen LogP contribution in [-0.4, -0.2) is 49.4 Å². The summed E-state index contributed by atoms with van der Waals surface area (Å²) in [7, 11) is -2.95. The Morgan fingerprint density at radius 3 is 2.53 bits per heavy atom. The highest BCUT2D eigenvalue weighted by molar-refractivity contribution is 7.91. The number of nitrogens with zero attached hydrogens (tertiary/aromatic N) is 1. The second-order valence-corrected chi connectivity index (χ2v) is 7.68. The number of rotatable bonds is 3. The lowest BCUT2D eigenvalue weighted by Crippen LogP contribution is -2.37. The highest BCUT2D eigenvalue weighted by Crippen LogP contribution is 2.11. The first-order chi connectivity index (χ1) is 7.70. The van der Waals surface area contributed by atoms with Crippen LogP contribution in [0.2, 0.25) is 0 Å². The van der Waals surface area contributed by atoms with Gasteiger partial charge in [-0.1, -0.05) is 0 Å². The molecule has 6 heteroatoms. The first-order valence-electron chi connectivity index (χ1n) is 5.97. The van der Waals surface area contributed by atoms with Crippen LogP contribution in [0.25, 0.3) is 0 Å². The van der Waals surface area contributed by atoms with Crippen LogP contribution in [-0.2, 0) is 14.6 Å². The predicted molar refractivity (Wildman–Crippen MR) is 67.4 cm³/mol. The van der Waals surface area contributed by atoms with Gasteiger partial charge < -0.3 is 10.6 Å². The zero-order valence-corrected chi connectivity index (χ0v) is 11.4.